The zero-order valence-electron chi connectivity index (χ0n) is 15.2. The summed E-state index contributed by atoms with van der Waals surface area (Å²) in [6.45, 7) is 11.5. The molecule has 1 rings (SSSR count). The molecule has 1 amide bonds. The smallest absolute Gasteiger partial charge is 0.407 e. The fourth-order valence-corrected chi connectivity index (χ4v) is 2.21. The number of benzene rings is 1. The minimum atomic E-state index is -0.443. The van der Waals surface area contributed by atoms with Gasteiger partial charge in [-0.05, 0) is 66.0 Å². The molecule has 0 saturated heterocycles. The number of hydrogen-bond donors (Lipinski definition) is 2. The molecule has 4 nitrogen and oxygen atoms in total. The van der Waals surface area contributed by atoms with Crippen molar-refractivity contribution in [2.45, 2.75) is 65.0 Å². The molecular formula is C19H32N2O2. The normalized spacial score (nSPS) is 12.0. The summed E-state index contributed by atoms with van der Waals surface area (Å²) in [4.78, 5) is 11.5. The molecule has 130 valence electrons. The SMILES string of the molecule is CC(C)(CCc1ccccc1)NCCCNC(=O)OC(C)(C)C. The minimum absolute atomic E-state index is 0.0851. The lowest BCUT2D eigenvalue weighted by Crippen LogP contribution is -2.41. The second-order valence-electron chi connectivity index (χ2n) is 7.58. The monoisotopic (exact) mass is 320 g/mol. The van der Waals surface area contributed by atoms with Gasteiger partial charge in [0.25, 0.3) is 0 Å². The van der Waals surface area contributed by atoms with E-state index in [1.807, 2.05) is 26.8 Å². The Morgan fingerprint density at radius 2 is 1.70 bits per heavy atom. The standard InChI is InChI=1S/C19H32N2O2/c1-18(2,3)23-17(22)20-14-9-15-21-19(4,5)13-12-16-10-7-6-8-11-16/h6-8,10-11,21H,9,12-15H2,1-5H3,(H,20,22). The van der Waals surface area contributed by atoms with Crippen molar-refractivity contribution in [2.24, 2.45) is 0 Å². The Morgan fingerprint density at radius 3 is 2.30 bits per heavy atom. The zero-order valence-corrected chi connectivity index (χ0v) is 15.2. The number of nitrogens with one attached hydrogen (secondary N) is 2. The predicted octanol–water partition coefficient (Wildman–Crippen LogP) is 3.90. The maximum absolute atomic E-state index is 11.5. The molecule has 1 aromatic carbocycles. The van der Waals surface area contributed by atoms with Gasteiger partial charge in [0.1, 0.15) is 5.60 Å². The van der Waals surface area contributed by atoms with Gasteiger partial charge in [-0.2, -0.15) is 0 Å². The molecule has 0 spiro atoms. The zero-order chi connectivity index (χ0) is 17.3. The van der Waals surface area contributed by atoms with E-state index in [2.05, 4.69) is 48.7 Å². The van der Waals surface area contributed by atoms with Crippen LogP contribution in [0.2, 0.25) is 0 Å². The number of aryl methyl sites for hydroxylation is 1. The molecule has 0 aliphatic carbocycles. The summed E-state index contributed by atoms with van der Waals surface area (Å²) in [6.07, 6.45) is 2.68. The maximum Gasteiger partial charge on any atom is 0.407 e. The first-order valence-electron chi connectivity index (χ1n) is 8.44. The summed E-state index contributed by atoms with van der Waals surface area (Å²) < 4.78 is 5.20. The van der Waals surface area contributed by atoms with Crippen LogP contribution in [0.4, 0.5) is 4.79 Å². The Hall–Kier alpha value is -1.55. The van der Waals surface area contributed by atoms with E-state index in [0.29, 0.717) is 6.54 Å². The predicted molar refractivity (Wildman–Crippen MR) is 95.7 cm³/mol. The van der Waals surface area contributed by atoms with Gasteiger partial charge in [-0.25, -0.2) is 4.79 Å². The molecule has 23 heavy (non-hydrogen) atoms. The maximum atomic E-state index is 11.5. The highest BCUT2D eigenvalue weighted by atomic mass is 16.6. The Bertz CT molecular complexity index is 464. The third-order valence-electron chi connectivity index (χ3n) is 3.51. The van der Waals surface area contributed by atoms with Crippen molar-refractivity contribution >= 4 is 6.09 Å². The number of carbonyl (C=O) groups excluding carboxylic acids is 1. The Labute approximate surface area is 141 Å². The van der Waals surface area contributed by atoms with Crippen LogP contribution < -0.4 is 10.6 Å². The van der Waals surface area contributed by atoms with Gasteiger partial charge in [0, 0.05) is 12.1 Å². The van der Waals surface area contributed by atoms with Crippen molar-refractivity contribution in [3.63, 3.8) is 0 Å². The van der Waals surface area contributed by atoms with E-state index in [1.165, 1.54) is 5.56 Å². The highest BCUT2D eigenvalue weighted by Gasteiger charge is 2.17. The third kappa shape index (κ3) is 9.95. The van der Waals surface area contributed by atoms with Gasteiger partial charge >= 0.3 is 6.09 Å². The summed E-state index contributed by atoms with van der Waals surface area (Å²) in [7, 11) is 0. The van der Waals surface area contributed by atoms with Gasteiger partial charge in [0.2, 0.25) is 0 Å². The van der Waals surface area contributed by atoms with E-state index in [4.69, 9.17) is 4.74 Å². The molecule has 4 heteroatoms. The Kier molecular flexibility index (Phi) is 7.56. The molecule has 0 bridgehead atoms. The highest BCUT2D eigenvalue weighted by Crippen LogP contribution is 2.13. The van der Waals surface area contributed by atoms with Crippen LogP contribution in [0.1, 0.15) is 53.0 Å². The molecule has 0 saturated carbocycles. The summed E-state index contributed by atoms with van der Waals surface area (Å²) in [5, 5.41) is 6.34. The first-order chi connectivity index (χ1) is 10.7. The van der Waals surface area contributed by atoms with Crippen LogP contribution in [-0.2, 0) is 11.2 Å². The molecule has 1 aromatic rings. The molecule has 0 aliphatic heterocycles. The molecule has 0 unspecified atom stereocenters. The molecular weight excluding hydrogens is 288 g/mol. The van der Waals surface area contributed by atoms with Crippen LogP contribution in [0.15, 0.2) is 30.3 Å². The van der Waals surface area contributed by atoms with E-state index in [1.54, 1.807) is 0 Å². The van der Waals surface area contributed by atoms with E-state index in [0.717, 1.165) is 25.8 Å². The van der Waals surface area contributed by atoms with Gasteiger partial charge in [-0.15, -0.1) is 0 Å². The molecule has 0 aromatic heterocycles. The van der Waals surface area contributed by atoms with E-state index in [-0.39, 0.29) is 11.6 Å². The summed E-state index contributed by atoms with van der Waals surface area (Å²) in [6, 6.07) is 10.5. The van der Waals surface area contributed by atoms with Crippen molar-refractivity contribution in [1.29, 1.82) is 0 Å². The largest absolute Gasteiger partial charge is 0.444 e. The average Bonchev–Trinajstić information content (AvgIpc) is 2.44. The number of amides is 1. The third-order valence-corrected chi connectivity index (χ3v) is 3.51. The molecule has 2 N–H and O–H groups in total. The van der Waals surface area contributed by atoms with Gasteiger partial charge in [0.15, 0.2) is 0 Å². The fourth-order valence-electron chi connectivity index (χ4n) is 2.21. The second-order valence-corrected chi connectivity index (χ2v) is 7.58. The van der Waals surface area contributed by atoms with Crippen molar-refractivity contribution in [2.75, 3.05) is 13.1 Å². The van der Waals surface area contributed by atoms with Gasteiger partial charge in [-0.3, -0.25) is 0 Å². The number of ether oxygens (including phenoxy) is 1. The lowest BCUT2D eigenvalue weighted by molar-refractivity contribution is 0.0527. The first kappa shape index (κ1) is 19.5. The second kappa shape index (κ2) is 8.92. The summed E-state index contributed by atoms with van der Waals surface area (Å²) in [5.41, 5.74) is 1.01. The van der Waals surface area contributed by atoms with Gasteiger partial charge < -0.3 is 15.4 Å². The molecule has 0 radical (unpaired) electrons. The van der Waals surface area contributed by atoms with Gasteiger partial charge in [-0.1, -0.05) is 30.3 Å². The van der Waals surface area contributed by atoms with Crippen molar-refractivity contribution in [3.05, 3.63) is 35.9 Å². The molecule has 0 atom stereocenters. The quantitative estimate of drug-likeness (QED) is 0.714. The molecule has 0 fully saturated rings. The summed E-state index contributed by atoms with van der Waals surface area (Å²) in [5.74, 6) is 0. The van der Waals surface area contributed by atoms with Crippen LogP contribution >= 0.6 is 0 Å². The highest BCUT2D eigenvalue weighted by molar-refractivity contribution is 5.67. The number of alkyl carbamates (subject to hydrolysis) is 1. The Balaban J connectivity index is 2.15. The minimum Gasteiger partial charge on any atom is -0.444 e. The summed E-state index contributed by atoms with van der Waals surface area (Å²) >= 11 is 0. The van der Waals surface area contributed by atoms with Crippen LogP contribution in [0.5, 0.6) is 0 Å². The van der Waals surface area contributed by atoms with Crippen molar-refractivity contribution in [1.82, 2.24) is 10.6 Å². The first-order valence-corrected chi connectivity index (χ1v) is 8.44. The van der Waals surface area contributed by atoms with Crippen LogP contribution in [-0.4, -0.2) is 30.3 Å². The molecule has 0 aliphatic rings. The van der Waals surface area contributed by atoms with E-state index < -0.39 is 5.60 Å². The fraction of sp³-hybridized carbons (Fsp3) is 0.632. The van der Waals surface area contributed by atoms with Crippen LogP contribution in [0.25, 0.3) is 0 Å². The van der Waals surface area contributed by atoms with Crippen LogP contribution in [0.3, 0.4) is 0 Å². The lowest BCUT2D eigenvalue weighted by atomic mass is 9.95. The number of carbonyl (C=O) groups is 1. The number of hydrogen-bond acceptors (Lipinski definition) is 3. The van der Waals surface area contributed by atoms with Crippen LogP contribution in [0, 0.1) is 0 Å². The van der Waals surface area contributed by atoms with Crippen molar-refractivity contribution in [3.8, 4) is 0 Å². The lowest BCUT2D eigenvalue weighted by Gasteiger charge is -2.26. The Morgan fingerprint density at radius 1 is 1.04 bits per heavy atom. The average molecular weight is 320 g/mol. The van der Waals surface area contributed by atoms with Crippen molar-refractivity contribution < 1.29 is 9.53 Å². The number of rotatable bonds is 8. The van der Waals surface area contributed by atoms with Gasteiger partial charge in [0.05, 0.1) is 0 Å². The topological polar surface area (TPSA) is 50.4 Å². The van der Waals surface area contributed by atoms with E-state index >= 15 is 0 Å². The van der Waals surface area contributed by atoms with E-state index in [9.17, 15) is 4.79 Å². The molecule has 0 heterocycles.